The first-order valence-electron chi connectivity index (χ1n) is 7.49. The molecular formula is C14H26N6O. The van der Waals surface area contributed by atoms with E-state index in [1.165, 1.54) is 0 Å². The fourth-order valence-electron chi connectivity index (χ4n) is 2.69. The van der Waals surface area contributed by atoms with Crippen molar-refractivity contribution in [2.45, 2.75) is 19.9 Å². The predicted molar refractivity (Wildman–Crippen MR) is 83.0 cm³/mol. The Balaban J connectivity index is 1.89. The Bertz CT molecular complexity index is 464. The van der Waals surface area contributed by atoms with Crippen LogP contribution in [0.5, 0.6) is 0 Å². The van der Waals surface area contributed by atoms with E-state index in [0.717, 1.165) is 26.2 Å². The lowest BCUT2D eigenvalue weighted by Crippen LogP contribution is -2.54. The third-order valence-electron chi connectivity index (χ3n) is 4.09. The minimum absolute atomic E-state index is 0.154. The zero-order valence-corrected chi connectivity index (χ0v) is 13.1. The first-order valence-corrected chi connectivity index (χ1v) is 7.49. The Labute approximate surface area is 125 Å². The number of nitrogens with two attached hydrogens (primary N) is 1. The largest absolute Gasteiger partial charge is 0.382 e. The molecule has 2 rings (SSSR count). The average Bonchev–Trinajstić information content (AvgIpc) is 2.87. The summed E-state index contributed by atoms with van der Waals surface area (Å²) in [6.45, 7) is 9.28. The summed E-state index contributed by atoms with van der Waals surface area (Å²) in [4.78, 5) is 16.9. The van der Waals surface area contributed by atoms with Crippen LogP contribution in [0.4, 0.5) is 5.82 Å². The minimum Gasteiger partial charge on any atom is -0.382 e. The summed E-state index contributed by atoms with van der Waals surface area (Å²) in [7, 11) is 2.14. The number of hydrogen-bond donors (Lipinski definition) is 3. The summed E-state index contributed by atoms with van der Waals surface area (Å²) in [5.41, 5.74) is 5.93. The summed E-state index contributed by atoms with van der Waals surface area (Å²) in [5.74, 6) is 0.666. The Morgan fingerprint density at radius 1 is 1.43 bits per heavy atom. The SMILES string of the molecule is CC(C)C(CNC(=O)c1cc(N)n[nH]1)N1CCN(C)CC1. The van der Waals surface area contributed by atoms with E-state index in [4.69, 9.17) is 5.73 Å². The molecule has 7 nitrogen and oxygen atoms in total. The van der Waals surface area contributed by atoms with E-state index in [9.17, 15) is 4.79 Å². The maximum Gasteiger partial charge on any atom is 0.269 e. The van der Waals surface area contributed by atoms with Crippen molar-refractivity contribution >= 4 is 11.7 Å². The lowest BCUT2D eigenvalue weighted by molar-refractivity contribution is 0.0788. The molecule has 1 unspecified atom stereocenters. The molecule has 0 aliphatic carbocycles. The van der Waals surface area contributed by atoms with Crippen molar-refractivity contribution < 1.29 is 4.79 Å². The van der Waals surface area contributed by atoms with Gasteiger partial charge in [0.25, 0.3) is 5.91 Å². The summed E-state index contributed by atoms with van der Waals surface area (Å²) < 4.78 is 0. The third kappa shape index (κ3) is 4.18. The summed E-state index contributed by atoms with van der Waals surface area (Å²) in [6.07, 6.45) is 0. The number of aromatic nitrogens is 2. The molecule has 4 N–H and O–H groups in total. The highest BCUT2D eigenvalue weighted by molar-refractivity contribution is 5.92. The summed E-state index contributed by atoms with van der Waals surface area (Å²) in [6, 6.07) is 1.90. The highest BCUT2D eigenvalue weighted by atomic mass is 16.1. The minimum atomic E-state index is -0.154. The van der Waals surface area contributed by atoms with E-state index in [1.807, 2.05) is 0 Å². The standard InChI is InChI=1S/C14H26N6O/c1-10(2)12(20-6-4-19(3)5-7-20)9-16-14(21)11-8-13(15)18-17-11/h8,10,12H,4-7,9H2,1-3H3,(H,16,21)(H3,15,17,18). The molecule has 1 saturated heterocycles. The van der Waals surface area contributed by atoms with Gasteiger partial charge in [0.15, 0.2) is 0 Å². The molecule has 0 aromatic carbocycles. The van der Waals surface area contributed by atoms with E-state index >= 15 is 0 Å². The van der Waals surface area contributed by atoms with E-state index in [1.54, 1.807) is 6.07 Å². The van der Waals surface area contributed by atoms with Crippen molar-refractivity contribution in [3.8, 4) is 0 Å². The fourth-order valence-corrected chi connectivity index (χ4v) is 2.69. The maximum atomic E-state index is 12.1. The zero-order chi connectivity index (χ0) is 15.4. The highest BCUT2D eigenvalue weighted by Gasteiger charge is 2.25. The first kappa shape index (κ1) is 15.8. The van der Waals surface area contributed by atoms with Gasteiger partial charge in [0, 0.05) is 44.8 Å². The molecule has 1 fully saturated rings. The number of piperazine rings is 1. The van der Waals surface area contributed by atoms with Crippen LogP contribution >= 0.6 is 0 Å². The predicted octanol–water partition coefficient (Wildman–Crippen LogP) is -0.00630. The molecule has 0 saturated carbocycles. The number of likely N-dealkylation sites (N-methyl/N-ethyl adjacent to an activating group) is 1. The number of nitrogens with zero attached hydrogens (tertiary/aromatic N) is 3. The van der Waals surface area contributed by atoms with Gasteiger partial charge in [-0.05, 0) is 13.0 Å². The van der Waals surface area contributed by atoms with Crippen molar-refractivity contribution in [2.75, 3.05) is 45.5 Å². The molecule has 7 heteroatoms. The summed E-state index contributed by atoms with van der Waals surface area (Å²) >= 11 is 0. The number of nitrogen functional groups attached to an aromatic ring is 1. The molecule has 0 radical (unpaired) electrons. The molecule has 21 heavy (non-hydrogen) atoms. The monoisotopic (exact) mass is 294 g/mol. The number of anilines is 1. The van der Waals surface area contributed by atoms with E-state index in [0.29, 0.717) is 30.0 Å². The highest BCUT2D eigenvalue weighted by Crippen LogP contribution is 2.13. The molecule has 118 valence electrons. The van der Waals surface area contributed by atoms with Gasteiger partial charge in [-0.1, -0.05) is 13.8 Å². The third-order valence-corrected chi connectivity index (χ3v) is 4.09. The van der Waals surface area contributed by atoms with Gasteiger partial charge in [0.1, 0.15) is 11.5 Å². The van der Waals surface area contributed by atoms with Crippen molar-refractivity contribution in [3.63, 3.8) is 0 Å². The van der Waals surface area contributed by atoms with Crippen LogP contribution in [-0.4, -0.2) is 71.7 Å². The lowest BCUT2D eigenvalue weighted by Gasteiger charge is -2.39. The van der Waals surface area contributed by atoms with Crippen molar-refractivity contribution in [2.24, 2.45) is 5.92 Å². The molecule has 1 amide bonds. The zero-order valence-electron chi connectivity index (χ0n) is 13.1. The second-order valence-corrected chi connectivity index (χ2v) is 6.07. The van der Waals surface area contributed by atoms with Crippen LogP contribution in [0.25, 0.3) is 0 Å². The number of carbonyl (C=O) groups excluding carboxylic acids is 1. The number of amides is 1. The Kier molecular flexibility index (Phi) is 5.19. The van der Waals surface area contributed by atoms with Crippen LogP contribution in [-0.2, 0) is 0 Å². The quantitative estimate of drug-likeness (QED) is 0.711. The number of rotatable bonds is 5. The number of carbonyl (C=O) groups is 1. The van der Waals surface area contributed by atoms with Gasteiger partial charge in [0.05, 0.1) is 0 Å². The van der Waals surface area contributed by atoms with Crippen LogP contribution in [0, 0.1) is 5.92 Å². The fraction of sp³-hybridized carbons (Fsp3) is 0.714. The first-order chi connectivity index (χ1) is 9.97. The van der Waals surface area contributed by atoms with Crippen molar-refractivity contribution in [1.29, 1.82) is 0 Å². The Morgan fingerprint density at radius 2 is 2.10 bits per heavy atom. The Morgan fingerprint density at radius 3 is 2.62 bits per heavy atom. The molecule has 2 heterocycles. The van der Waals surface area contributed by atoms with Crippen LogP contribution in [0.1, 0.15) is 24.3 Å². The molecule has 1 atom stereocenters. The van der Waals surface area contributed by atoms with Gasteiger partial charge >= 0.3 is 0 Å². The lowest BCUT2D eigenvalue weighted by atomic mass is 10.0. The topological polar surface area (TPSA) is 90.3 Å². The van der Waals surface area contributed by atoms with Crippen LogP contribution in [0.2, 0.25) is 0 Å². The number of aromatic amines is 1. The smallest absolute Gasteiger partial charge is 0.269 e. The number of hydrogen-bond acceptors (Lipinski definition) is 5. The van der Waals surface area contributed by atoms with Gasteiger partial charge in [-0.25, -0.2) is 0 Å². The molecular weight excluding hydrogens is 268 g/mol. The van der Waals surface area contributed by atoms with Crippen LogP contribution < -0.4 is 11.1 Å². The van der Waals surface area contributed by atoms with Crippen LogP contribution in [0.3, 0.4) is 0 Å². The van der Waals surface area contributed by atoms with Gasteiger partial charge < -0.3 is 16.0 Å². The average molecular weight is 294 g/mol. The number of nitrogens with one attached hydrogen (secondary N) is 2. The van der Waals surface area contributed by atoms with Gasteiger partial charge in [-0.15, -0.1) is 0 Å². The number of H-pyrrole nitrogens is 1. The van der Waals surface area contributed by atoms with E-state index in [2.05, 4.69) is 46.2 Å². The molecule has 1 aromatic rings. The van der Waals surface area contributed by atoms with Crippen molar-refractivity contribution in [3.05, 3.63) is 11.8 Å². The van der Waals surface area contributed by atoms with Gasteiger partial charge in [-0.3, -0.25) is 14.8 Å². The second kappa shape index (κ2) is 6.91. The molecule has 1 aliphatic rings. The van der Waals surface area contributed by atoms with E-state index in [-0.39, 0.29) is 5.91 Å². The summed E-state index contributed by atoms with van der Waals surface area (Å²) in [5, 5.41) is 9.39. The molecule has 0 spiro atoms. The van der Waals surface area contributed by atoms with E-state index < -0.39 is 0 Å². The molecule has 1 aromatic heterocycles. The Hall–Kier alpha value is -1.60. The molecule has 1 aliphatic heterocycles. The van der Waals surface area contributed by atoms with Gasteiger partial charge in [0.2, 0.25) is 0 Å². The van der Waals surface area contributed by atoms with Gasteiger partial charge in [-0.2, -0.15) is 5.10 Å². The molecule has 0 bridgehead atoms. The normalized spacial score (nSPS) is 18.9. The van der Waals surface area contributed by atoms with Crippen molar-refractivity contribution in [1.82, 2.24) is 25.3 Å². The van der Waals surface area contributed by atoms with Crippen LogP contribution in [0.15, 0.2) is 6.07 Å². The maximum absolute atomic E-state index is 12.1. The second-order valence-electron chi connectivity index (χ2n) is 6.07.